The molecule has 3 heterocycles. The van der Waals surface area contributed by atoms with Gasteiger partial charge in [-0.15, -0.1) is 5.10 Å². The van der Waals surface area contributed by atoms with Crippen LogP contribution in [0.1, 0.15) is 38.3 Å². The van der Waals surface area contributed by atoms with Crippen molar-refractivity contribution >= 4 is 11.8 Å². The topological polar surface area (TPSA) is 102 Å². The normalized spacial score (nSPS) is 15.7. The Kier molecular flexibility index (Phi) is 4.61. The Morgan fingerprint density at radius 1 is 1.19 bits per heavy atom. The largest absolute Gasteiger partial charge is 0.350 e. The molecule has 1 aliphatic rings. The number of nitrogens with zero attached hydrogens (tertiary/aromatic N) is 4. The van der Waals surface area contributed by atoms with Crippen LogP contribution in [-0.2, 0) is 13.0 Å². The van der Waals surface area contributed by atoms with E-state index in [-0.39, 0.29) is 23.3 Å². The first kappa shape index (κ1) is 16.9. The second kappa shape index (κ2) is 7.36. The van der Waals surface area contributed by atoms with Gasteiger partial charge in [0.15, 0.2) is 11.4 Å². The van der Waals surface area contributed by atoms with E-state index in [1.165, 1.54) is 4.68 Å². The fourth-order valence-electron chi connectivity index (χ4n) is 3.07. The molecule has 1 atom stereocenters. The molecule has 0 bridgehead atoms. The van der Waals surface area contributed by atoms with Crippen molar-refractivity contribution in [3.05, 3.63) is 77.4 Å². The third-order valence-corrected chi connectivity index (χ3v) is 4.42. The van der Waals surface area contributed by atoms with Crippen LogP contribution in [0.15, 0.2) is 54.7 Å². The van der Waals surface area contributed by atoms with E-state index in [0.29, 0.717) is 19.5 Å². The van der Waals surface area contributed by atoms with E-state index in [0.717, 1.165) is 11.3 Å². The fourth-order valence-corrected chi connectivity index (χ4v) is 3.07. The quantitative estimate of drug-likeness (QED) is 0.708. The zero-order chi connectivity index (χ0) is 18.6. The number of amides is 2. The molecule has 0 saturated carbocycles. The molecule has 8 nitrogen and oxygen atoms in total. The van der Waals surface area contributed by atoms with E-state index in [1.54, 1.807) is 6.20 Å². The van der Waals surface area contributed by atoms with Crippen molar-refractivity contribution in [3.8, 4) is 0 Å². The van der Waals surface area contributed by atoms with E-state index in [4.69, 9.17) is 0 Å². The van der Waals surface area contributed by atoms with Crippen LogP contribution in [0.5, 0.6) is 0 Å². The summed E-state index contributed by atoms with van der Waals surface area (Å²) in [6.07, 6.45) is 2.30. The van der Waals surface area contributed by atoms with E-state index in [1.807, 2.05) is 48.5 Å². The molecule has 1 unspecified atom stereocenters. The SMILES string of the molecule is O=C(NCCc1ccccn1)c1nnn2c1C(=O)NC(c1ccccc1)C2. The average molecular weight is 362 g/mol. The van der Waals surface area contributed by atoms with Crippen LogP contribution in [0, 0.1) is 0 Å². The lowest BCUT2D eigenvalue weighted by Crippen LogP contribution is -2.40. The summed E-state index contributed by atoms with van der Waals surface area (Å²) in [7, 11) is 0. The Morgan fingerprint density at radius 3 is 2.78 bits per heavy atom. The first-order chi connectivity index (χ1) is 13.2. The number of benzene rings is 1. The summed E-state index contributed by atoms with van der Waals surface area (Å²) in [5, 5.41) is 13.6. The number of hydrogen-bond donors (Lipinski definition) is 2. The van der Waals surface area contributed by atoms with Crippen LogP contribution in [0.4, 0.5) is 0 Å². The molecule has 2 aromatic heterocycles. The number of aromatic nitrogens is 4. The summed E-state index contributed by atoms with van der Waals surface area (Å²) < 4.78 is 1.49. The molecule has 2 amide bonds. The summed E-state index contributed by atoms with van der Waals surface area (Å²) >= 11 is 0. The molecule has 0 radical (unpaired) electrons. The highest BCUT2D eigenvalue weighted by molar-refractivity contribution is 6.05. The standard InChI is InChI=1S/C19H18N6O2/c26-18(21-11-9-14-8-4-5-10-20-14)16-17-19(27)22-15(12-25(17)24-23-16)13-6-2-1-3-7-13/h1-8,10,15H,9,11-12H2,(H,21,26)(H,22,27). The molecule has 8 heteroatoms. The van der Waals surface area contributed by atoms with Gasteiger partial charge in [0.05, 0.1) is 12.6 Å². The van der Waals surface area contributed by atoms with Crippen LogP contribution < -0.4 is 10.6 Å². The first-order valence-electron chi connectivity index (χ1n) is 8.70. The number of carbonyl (C=O) groups excluding carboxylic acids is 2. The Balaban J connectivity index is 1.45. The zero-order valence-corrected chi connectivity index (χ0v) is 14.5. The van der Waals surface area contributed by atoms with Gasteiger partial charge in [-0.25, -0.2) is 4.68 Å². The van der Waals surface area contributed by atoms with Gasteiger partial charge in [0.25, 0.3) is 11.8 Å². The van der Waals surface area contributed by atoms with Gasteiger partial charge in [-0.3, -0.25) is 14.6 Å². The Bertz CT molecular complexity index is 955. The van der Waals surface area contributed by atoms with Crippen molar-refractivity contribution in [2.45, 2.75) is 19.0 Å². The van der Waals surface area contributed by atoms with E-state index in [2.05, 4.69) is 25.9 Å². The highest BCUT2D eigenvalue weighted by Crippen LogP contribution is 2.21. The average Bonchev–Trinajstić information content (AvgIpc) is 3.14. The molecule has 0 aliphatic carbocycles. The molecule has 1 aliphatic heterocycles. The number of pyridine rings is 1. The van der Waals surface area contributed by atoms with Crippen LogP contribution in [0.25, 0.3) is 0 Å². The Morgan fingerprint density at radius 2 is 2.00 bits per heavy atom. The molecule has 3 aromatic rings. The van der Waals surface area contributed by atoms with E-state index < -0.39 is 5.91 Å². The number of fused-ring (bicyclic) bond motifs is 1. The minimum absolute atomic E-state index is 0.0417. The predicted molar refractivity (Wildman–Crippen MR) is 96.9 cm³/mol. The van der Waals surface area contributed by atoms with Crippen LogP contribution in [-0.4, -0.2) is 38.3 Å². The molecule has 1 aromatic carbocycles. The smallest absolute Gasteiger partial charge is 0.274 e. The van der Waals surface area contributed by atoms with Crippen molar-refractivity contribution in [1.82, 2.24) is 30.6 Å². The summed E-state index contributed by atoms with van der Waals surface area (Å²) in [5.41, 5.74) is 2.09. The summed E-state index contributed by atoms with van der Waals surface area (Å²) in [6, 6.07) is 15.1. The number of hydrogen-bond acceptors (Lipinski definition) is 5. The second-order valence-electron chi connectivity index (χ2n) is 6.23. The first-order valence-corrected chi connectivity index (χ1v) is 8.70. The molecule has 4 rings (SSSR count). The lowest BCUT2D eigenvalue weighted by Gasteiger charge is -2.24. The van der Waals surface area contributed by atoms with Gasteiger partial charge in [0.2, 0.25) is 0 Å². The van der Waals surface area contributed by atoms with Gasteiger partial charge in [-0.05, 0) is 17.7 Å². The van der Waals surface area contributed by atoms with Gasteiger partial charge in [0.1, 0.15) is 0 Å². The lowest BCUT2D eigenvalue weighted by atomic mass is 10.0. The molecule has 0 fully saturated rings. The Labute approximate surface area is 155 Å². The number of carbonyl (C=O) groups is 2. The molecular weight excluding hydrogens is 344 g/mol. The fraction of sp³-hybridized carbons (Fsp3) is 0.211. The van der Waals surface area contributed by atoms with Gasteiger partial charge in [-0.1, -0.05) is 41.6 Å². The van der Waals surface area contributed by atoms with Gasteiger partial charge < -0.3 is 10.6 Å². The van der Waals surface area contributed by atoms with Crippen molar-refractivity contribution in [3.63, 3.8) is 0 Å². The maximum atomic E-state index is 12.5. The maximum absolute atomic E-state index is 12.5. The molecule has 0 saturated heterocycles. The van der Waals surface area contributed by atoms with Crippen LogP contribution in [0.3, 0.4) is 0 Å². The highest BCUT2D eigenvalue weighted by atomic mass is 16.2. The van der Waals surface area contributed by atoms with Gasteiger partial charge in [0, 0.05) is 24.9 Å². The van der Waals surface area contributed by atoms with Gasteiger partial charge >= 0.3 is 0 Å². The highest BCUT2D eigenvalue weighted by Gasteiger charge is 2.32. The molecule has 136 valence electrons. The zero-order valence-electron chi connectivity index (χ0n) is 14.5. The minimum Gasteiger partial charge on any atom is -0.350 e. The van der Waals surface area contributed by atoms with Crippen LogP contribution in [0.2, 0.25) is 0 Å². The van der Waals surface area contributed by atoms with E-state index in [9.17, 15) is 9.59 Å². The molecule has 0 spiro atoms. The Hall–Kier alpha value is -3.55. The van der Waals surface area contributed by atoms with Crippen molar-refractivity contribution in [2.24, 2.45) is 0 Å². The predicted octanol–water partition coefficient (Wildman–Crippen LogP) is 1.13. The summed E-state index contributed by atoms with van der Waals surface area (Å²) in [5.74, 6) is -0.768. The third-order valence-electron chi connectivity index (χ3n) is 4.42. The van der Waals surface area contributed by atoms with E-state index >= 15 is 0 Å². The third kappa shape index (κ3) is 3.55. The summed E-state index contributed by atoms with van der Waals surface area (Å²) in [6.45, 7) is 0.829. The monoisotopic (exact) mass is 362 g/mol. The number of nitrogens with one attached hydrogen (secondary N) is 2. The summed E-state index contributed by atoms with van der Waals surface area (Å²) in [4.78, 5) is 29.2. The van der Waals surface area contributed by atoms with Crippen molar-refractivity contribution in [2.75, 3.05) is 6.54 Å². The molecular formula is C19H18N6O2. The van der Waals surface area contributed by atoms with Gasteiger partial charge in [-0.2, -0.15) is 0 Å². The van der Waals surface area contributed by atoms with Crippen molar-refractivity contribution in [1.29, 1.82) is 0 Å². The van der Waals surface area contributed by atoms with Crippen LogP contribution >= 0.6 is 0 Å². The molecule has 27 heavy (non-hydrogen) atoms. The lowest BCUT2D eigenvalue weighted by molar-refractivity contribution is 0.0876. The van der Waals surface area contributed by atoms with Crippen molar-refractivity contribution < 1.29 is 9.59 Å². The minimum atomic E-state index is -0.416. The maximum Gasteiger partial charge on any atom is 0.274 e. The molecule has 2 N–H and O–H groups in total. The number of rotatable bonds is 5. The second-order valence-corrected chi connectivity index (χ2v) is 6.23.